The maximum atomic E-state index is 11.6. The molecule has 0 spiro atoms. The number of aromatic carboxylic acids is 1. The van der Waals surface area contributed by atoms with Gasteiger partial charge in [0.25, 0.3) is 0 Å². The van der Waals surface area contributed by atoms with Crippen molar-refractivity contribution in [1.82, 2.24) is 0 Å². The molecule has 1 N–H and O–H groups in total. The van der Waals surface area contributed by atoms with Crippen molar-refractivity contribution in [3.05, 3.63) is 47.0 Å². The first-order valence-corrected chi connectivity index (χ1v) is 8.67. The van der Waals surface area contributed by atoms with Crippen LogP contribution in [0.5, 0.6) is 0 Å². The molecule has 0 bridgehead atoms. The van der Waals surface area contributed by atoms with Crippen molar-refractivity contribution in [2.45, 2.75) is 53.4 Å². The van der Waals surface area contributed by atoms with Crippen LogP contribution < -0.4 is 0 Å². The first kappa shape index (κ1) is 17.5. The minimum Gasteiger partial charge on any atom is -0.478 e. The fraction of sp³-hybridized carbons (Fsp3) is 0.476. The summed E-state index contributed by atoms with van der Waals surface area (Å²) in [6.45, 7) is 8.92. The van der Waals surface area contributed by atoms with Gasteiger partial charge in [0, 0.05) is 0 Å². The van der Waals surface area contributed by atoms with Gasteiger partial charge in [-0.1, -0.05) is 52.0 Å². The van der Waals surface area contributed by atoms with Gasteiger partial charge in [-0.15, -0.1) is 0 Å². The minimum atomic E-state index is -0.841. The van der Waals surface area contributed by atoms with Crippen LogP contribution in [-0.2, 0) is 12.8 Å². The van der Waals surface area contributed by atoms with E-state index >= 15 is 0 Å². The number of carboxylic acids is 1. The molecule has 0 aliphatic carbocycles. The van der Waals surface area contributed by atoms with Gasteiger partial charge >= 0.3 is 5.97 Å². The van der Waals surface area contributed by atoms with Gasteiger partial charge in [-0.05, 0) is 65.5 Å². The summed E-state index contributed by atoms with van der Waals surface area (Å²) < 4.78 is 0. The Kier molecular flexibility index (Phi) is 5.81. The largest absolute Gasteiger partial charge is 0.478 e. The van der Waals surface area contributed by atoms with Crippen LogP contribution in [0.4, 0.5) is 0 Å². The molecule has 23 heavy (non-hydrogen) atoms. The first-order chi connectivity index (χ1) is 10.9. The fourth-order valence-corrected chi connectivity index (χ4v) is 3.05. The van der Waals surface area contributed by atoms with Gasteiger partial charge < -0.3 is 5.11 Å². The number of aryl methyl sites for hydroxylation is 2. The highest BCUT2D eigenvalue weighted by molar-refractivity contribution is 6.05. The molecule has 0 heterocycles. The van der Waals surface area contributed by atoms with E-state index in [1.165, 1.54) is 16.5 Å². The third kappa shape index (κ3) is 4.34. The number of carboxylic acid groups (broad SMARTS) is 1. The minimum absolute atomic E-state index is 0.416. The van der Waals surface area contributed by atoms with Crippen LogP contribution in [0.15, 0.2) is 30.3 Å². The third-order valence-electron chi connectivity index (χ3n) is 4.43. The number of benzene rings is 2. The van der Waals surface area contributed by atoms with E-state index in [0.717, 1.165) is 31.1 Å². The van der Waals surface area contributed by atoms with E-state index in [0.29, 0.717) is 17.4 Å². The molecule has 2 aromatic carbocycles. The molecule has 2 rings (SSSR count). The zero-order valence-electron chi connectivity index (χ0n) is 14.7. The maximum Gasteiger partial charge on any atom is 0.336 e. The lowest BCUT2D eigenvalue weighted by Gasteiger charge is -2.15. The van der Waals surface area contributed by atoms with Gasteiger partial charge in [0.05, 0.1) is 5.56 Å². The monoisotopic (exact) mass is 312 g/mol. The lowest BCUT2D eigenvalue weighted by Crippen LogP contribution is -2.03. The number of rotatable bonds is 7. The zero-order chi connectivity index (χ0) is 17.0. The maximum absolute atomic E-state index is 11.6. The molecule has 2 nitrogen and oxygen atoms in total. The van der Waals surface area contributed by atoms with Crippen LogP contribution in [0, 0.1) is 11.8 Å². The van der Waals surface area contributed by atoms with Crippen LogP contribution in [0.2, 0.25) is 0 Å². The average Bonchev–Trinajstić information content (AvgIpc) is 2.49. The highest BCUT2D eigenvalue weighted by Crippen LogP contribution is 2.29. The molecular formula is C21H28O2. The molecular weight excluding hydrogens is 284 g/mol. The van der Waals surface area contributed by atoms with Gasteiger partial charge in [0.1, 0.15) is 0 Å². The van der Waals surface area contributed by atoms with Crippen molar-refractivity contribution in [1.29, 1.82) is 0 Å². The Morgan fingerprint density at radius 3 is 2.00 bits per heavy atom. The third-order valence-corrected chi connectivity index (χ3v) is 4.43. The van der Waals surface area contributed by atoms with Gasteiger partial charge in [0.15, 0.2) is 0 Å². The van der Waals surface area contributed by atoms with Crippen LogP contribution in [-0.4, -0.2) is 11.1 Å². The molecule has 0 aliphatic heterocycles. The quantitative estimate of drug-likeness (QED) is 0.710. The van der Waals surface area contributed by atoms with Crippen molar-refractivity contribution < 1.29 is 9.90 Å². The molecule has 0 amide bonds. The van der Waals surface area contributed by atoms with Gasteiger partial charge in [-0.25, -0.2) is 4.79 Å². The molecule has 0 fully saturated rings. The molecule has 0 aliphatic rings. The van der Waals surface area contributed by atoms with Crippen LogP contribution in [0.25, 0.3) is 10.8 Å². The lowest BCUT2D eigenvalue weighted by molar-refractivity contribution is 0.0699. The SMILES string of the molecule is CC(C)CCc1cccc2c(C(=O)O)ccc(CCC(C)C)c12. The van der Waals surface area contributed by atoms with Gasteiger partial charge in [0.2, 0.25) is 0 Å². The average molecular weight is 312 g/mol. The van der Waals surface area contributed by atoms with Crippen molar-refractivity contribution in [2.75, 3.05) is 0 Å². The summed E-state index contributed by atoms with van der Waals surface area (Å²) >= 11 is 0. The normalized spacial score (nSPS) is 11.6. The Morgan fingerprint density at radius 2 is 1.48 bits per heavy atom. The molecule has 0 saturated carbocycles. The molecule has 0 saturated heterocycles. The Balaban J connectivity index is 2.56. The first-order valence-electron chi connectivity index (χ1n) is 8.67. The summed E-state index contributed by atoms with van der Waals surface area (Å²) in [5.41, 5.74) is 3.00. The van der Waals surface area contributed by atoms with Crippen molar-refractivity contribution in [3.63, 3.8) is 0 Å². The fourth-order valence-electron chi connectivity index (χ4n) is 3.05. The highest BCUT2D eigenvalue weighted by atomic mass is 16.4. The molecule has 0 atom stereocenters. The van der Waals surface area contributed by atoms with Crippen molar-refractivity contribution in [3.8, 4) is 0 Å². The summed E-state index contributed by atoms with van der Waals surface area (Å²) in [5.74, 6) is 0.450. The Morgan fingerprint density at radius 1 is 0.913 bits per heavy atom. The van der Waals surface area contributed by atoms with E-state index in [1.807, 2.05) is 18.2 Å². The highest BCUT2D eigenvalue weighted by Gasteiger charge is 2.14. The number of hydrogen-bond donors (Lipinski definition) is 1. The van der Waals surface area contributed by atoms with Crippen molar-refractivity contribution in [2.24, 2.45) is 11.8 Å². The number of fused-ring (bicyclic) bond motifs is 1. The standard InChI is InChI=1S/C21H28O2/c1-14(2)8-10-16-6-5-7-18-19(21(22)23)13-12-17(20(16)18)11-9-15(3)4/h5-7,12-15H,8-11H2,1-4H3,(H,22,23). The van der Waals surface area contributed by atoms with E-state index in [2.05, 4.69) is 33.8 Å². The molecule has 2 aromatic rings. The van der Waals surface area contributed by atoms with Crippen molar-refractivity contribution >= 4 is 16.7 Å². The van der Waals surface area contributed by atoms with E-state index in [1.54, 1.807) is 6.07 Å². The van der Waals surface area contributed by atoms with Crippen LogP contribution in [0.1, 0.15) is 62.0 Å². The second-order valence-corrected chi connectivity index (χ2v) is 7.28. The number of hydrogen-bond acceptors (Lipinski definition) is 1. The summed E-state index contributed by atoms with van der Waals surface area (Å²) in [4.78, 5) is 11.6. The van der Waals surface area contributed by atoms with E-state index in [4.69, 9.17) is 0 Å². The second kappa shape index (κ2) is 7.63. The Labute approximate surface area is 139 Å². The Bertz CT molecular complexity index is 665. The zero-order valence-corrected chi connectivity index (χ0v) is 14.7. The predicted octanol–water partition coefficient (Wildman–Crippen LogP) is 5.72. The van der Waals surface area contributed by atoms with E-state index in [-0.39, 0.29) is 0 Å². The molecule has 0 radical (unpaired) electrons. The smallest absolute Gasteiger partial charge is 0.336 e. The summed E-state index contributed by atoms with van der Waals surface area (Å²) in [7, 11) is 0. The molecule has 0 unspecified atom stereocenters. The summed E-state index contributed by atoms with van der Waals surface area (Å²) in [6, 6.07) is 9.90. The van der Waals surface area contributed by atoms with Crippen LogP contribution in [0.3, 0.4) is 0 Å². The van der Waals surface area contributed by atoms with E-state index in [9.17, 15) is 9.90 Å². The molecule has 0 aromatic heterocycles. The van der Waals surface area contributed by atoms with Gasteiger partial charge in [-0.2, -0.15) is 0 Å². The van der Waals surface area contributed by atoms with E-state index < -0.39 is 5.97 Å². The molecule has 124 valence electrons. The summed E-state index contributed by atoms with van der Waals surface area (Å²) in [6.07, 6.45) is 4.26. The molecule has 2 heteroatoms. The van der Waals surface area contributed by atoms with Crippen LogP contribution >= 0.6 is 0 Å². The summed E-state index contributed by atoms with van der Waals surface area (Å²) in [5, 5.41) is 11.6. The lowest BCUT2D eigenvalue weighted by atomic mass is 9.89. The topological polar surface area (TPSA) is 37.3 Å². The number of carbonyl (C=O) groups is 1. The Hall–Kier alpha value is -1.83. The predicted molar refractivity (Wildman–Crippen MR) is 97.2 cm³/mol. The van der Waals surface area contributed by atoms with Gasteiger partial charge in [-0.3, -0.25) is 0 Å². The second-order valence-electron chi connectivity index (χ2n) is 7.28.